The molecule has 130 valence electrons. The zero-order chi connectivity index (χ0) is 16.1. The van der Waals surface area contributed by atoms with Crippen molar-refractivity contribution >= 4 is 18.3 Å². The molecule has 1 aromatic rings. The van der Waals surface area contributed by atoms with E-state index in [-0.39, 0.29) is 36.1 Å². The van der Waals surface area contributed by atoms with E-state index in [0.717, 1.165) is 24.9 Å². The van der Waals surface area contributed by atoms with E-state index in [1.54, 1.807) is 12.1 Å². The topological polar surface area (TPSA) is 44.4 Å². The molecule has 1 aliphatic heterocycles. The molecule has 1 unspecified atom stereocenters. The molecule has 6 heteroatoms. The van der Waals surface area contributed by atoms with Crippen LogP contribution >= 0.6 is 12.4 Å². The Labute approximate surface area is 144 Å². The Hall–Kier alpha value is -1.17. The number of carbonyl (C=O) groups is 1. The Morgan fingerprint density at radius 3 is 2.61 bits per heavy atom. The molecule has 0 radical (unpaired) electrons. The molecular formula is C17H27ClFN3O. The van der Waals surface area contributed by atoms with Crippen LogP contribution in [0.1, 0.15) is 31.4 Å². The number of piperidine rings is 1. The minimum absolute atomic E-state index is 0. The third kappa shape index (κ3) is 5.75. The van der Waals surface area contributed by atoms with Crippen LogP contribution in [-0.2, 0) is 4.79 Å². The maximum absolute atomic E-state index is 13.1. The molecule has 0 saturated carbocycles. The average Bonchev–Trinajstić information content (AvgIpc) is 2.48. The van der Waals surface area contributed by atoms with Gasteiger partial charge < -0.3 is 15.5 Å². The summed E-state index contributed by atoms with van der Waals surface area (Å²) in [5, 5.41) is 6.42. The second kappa shape index (κ2) is 9.21. The molecule has 4 nitrogen and oxygen atoms in total. The standard InChI is InChI=1S/C17H26FN3O.ClH/c1-12-10-14(8-9-19-12)17(22)20-11-16(21(2)3)13-4-6-15(18)7-5-13;/h4-7,12,14,16,19H,8-11H2,1-3H3,(H,20,22);1H/t12-,14-,16?;/m0./s1. The molecule has 1 aliphatic rings. The molecule has 1 heterocycles. The van der Waals surface area contributed by atoms with Gasteiger partial charge in [-0.1, -0.05) is 12.1 Å². The van der Waals surface area contributed by atoms with E-state index in [4.69, 9.17) is 0 Å². The van der Waals surface area contributed by atoms with Gasteiger partial charge >= 0.3 is 0 Å². The Morgan fingerprint density at radius 2 is 2.04 bits per heavy atom. The van der Waals surface area contributed by atoms with Gasteiger partial charge in [-0.3, -0.25) is 4.79 Å². The van der Waals surface area contributed by atoms with Crippen LogP contribution in [-0.4, -0.2) is 44.0 Å². The van der Waals surface area contributed by atoms with Crippen molar-refractivity contribution in [1.82, 2.24) is 15.5 Å². The van der Waals surface area contributed by atoms with Crippen molar-refractivity contribution in [3.8, 4) is 0 Å². The maximum atomic E-state index is 13.1. The van der Waals surface area contributed by atoms with Crippen LogP contribution in [0.5, 0.6) is 0 Å². The fourth-order valence-electron chi connectivity index (χ4n) is 3.00. The van der Waals surface area contributed by atoms with Crippen molar-refractivity contribution in [3.05, 3.63) is 35.6 Å². The molecule has 0 spiro atoms. The van der Waals surface area contributed by atoms with E-state index in [9.17, 15) is 9.18 Å². The van der Waals surface area contributed by atoms with Gasteiger partial charge in [0.15, 0.2) is 0 Å². The van der Waals surface area contributed by atoms with Crippen LogP contribution in [0.2, 0.25) is 0 Å². The van der Waals surface area contributed by atoms with Crippen LogP contribution in [0, 0.1) is 11.7 Å². The number of nitrogens with one attached hydrogen (secondary N) is 2. The van der Waals surface area contributed by atoms with Gasteiger partial charge in [0, 0.05) is 18.5 Å². The predicted octanol–water partition coefficient (Wildman–Crippen LogP) is 2.35. The van der Waals surface area contributed by atoms with Crippen LogP contribution in [0.15, 0.2) is 24.3 Å². The number of halogens is 2. The van der Waals surface area contributed by atoms with E-state index in [0.29, 0.717) is 12.6 Å². The first kappa shape index (κ1) is 19.9. The van der Waals surface area contributed by atoms with E-state index in [2.05, 4.69) is 17.6 Å². The lowest BCUT2D eigenvalue weighted by Gasteiger charge is -2.29. The van der Waals surface area contributed by atoms with Gasteiger partial charge in [-0.2, -0.15) is 0 Å². The van der Waals surface area contributed by atoms with Crippen LogP contribution in [0.4, 0.5) is 4.39 Å². The smallest absolute Gasteiger partial charge is 0.223 e. The molecule has 2 N–H and O–H groups in total. The molecular weight excluding hydrogens is 317 g/mol. The lowest BCUT2D eigenvalue weighted by atomic mass is 9.92. The largest absolute Gasteiger partial charge is 0.354 e. The van der Waals surface area contributed by atoms with Crippen LogP contribution in [0.25, 0.3) is 0 Å². The fourth-order valence-corrected chi connectivity index (χ4v) is 3.00. The quantitative estimate of drug-likeness (QED) is 0.862. The average molecular weight is 344 g/mol. The summed E-state index contributed by atoms with van der Waals surface area (Å²) >= 11 is 0. The molecule has 0 bridgehead atoms. The van der Waals surface area contributed by atoms with Crippen LogP contribution in [0.3, 0.4) is 0 Å². The van der Waals surface area contributed by atoms with Gasteiger partial charge in [0.25, 0.3) is 0 Å². The summed E-state index contributed by atoms with van der Waals surface area (Å²) in [7, 11) is 3.93. The number of rotatable bonds is 5. The van der Waals surface area contributed by atoms with E-state index in [1.165, 1.54) is 12.1 Å². The second-order valence-electron chi connectivity index (χ2n) is 6.35. The minimum Gasteiger partial charge on any atom is -0.354 e. The van der Waals surface area contributed by atoms with Crippen molar-refractivity contribution in [2.75, 3.05) is 27.2 Å². The van der Waals surface area contributed by atoms with E-state index in [1.807, 2.05) is 19.0 Å². The summed E-state index contributed by atoms with van der Waals surface area (Å²) in [4.78, 5) is 14.4. The third-order valence-electron chi connectivity index (χ3n) is 4.34. The molecule has 3 atom stereocenters. The number of likely N-dealkylation sites (N-methyl/N-ethyl adjacent to an activating group) is 1. The van der Waals surface area contributed by atoms with Gasteiger partial charge in [0.05, 0.1) is 6.04 Å². The highest BCUT2D eigenvalue weighted by Crippen LogP contribution is 2.19. The molecule has 1 fully saturated rings. The second-order valence-corrected chi connectivity index (χ2v) is 6.35. The highest BCUT2D eigenvalue weighted by Gasteiger charge is 2.25. The summed E-state index contributed by atoms with van der Waals surface area (Å²) < 4.78 is 13.1. The van der Waals surface area contributed by atoms with Gasteiger partial charge in [-0.25, -0.2) is 4.39 Å². The number of hydrogen-bond donors (Lipinski definition) is 2. The van der Waals surface area contributed by atoms with Crippen molar-refractivity contribution < 1.29 is 9.18 Å². The third-order valence-corrected chi connectivity index (χ3v) is 4.34. The fraction of sp³-hybridized carbons (Fsp3) is 0.588. The van der Waals surface area contributed by atoms with Crippen molar-refractivity contribution in [2.45, 2.75) is 31.8 Å². The summed E-state index contributed by atoms with van der Waals surface area (Å²) in [6.45, 7) is 3.55. The first-order chi connectivity index (χ1) is 10.5. The lowest BCUT2D eigenvalue weighted by Crippen LogP contribution is -2.44. The van der Waals surface area contributed by atoms with Crippen molar-refractivity contribution in [3.63, 3.8) is 0 Å². The highest BCUT2D eigenvalue weighted by molar-refractivity contribution is 5.85. The Bertz CT molecular complexity index is 495. The van der Waals surface area contributed by atoms with E-state index < -0.39 is 0 Å². The Balaban J connectivity index is 0.00000264. The number of hydrogen-bond acceptors (Lipinski definition) is 3. The Kier molecular flexibility index (Phi) is 7.95. The maximum Gasteiger partial charge on any atom is 0.223 e. The number of benzene rings is 1. The summed E-state index contributed by atoms with van der Waals surface area (Å²) in [5.74, 6) is -0.0245. The summed E-state index contributed by atoms with van der Waals surface area (Å²) in [6.07, 6.45) is 1.77. The number of amides is 1. The normalized spacial score (nSPS) is 22.3. The zero-order valence-electron chi connectivity index (χ0n) is 14.0. The Morgan fingerprint density at radius 1 is 1.39 bits per heavy atom. The molecule has 1 aromatic carbocycles. The predicted molar refractivity (Wildman–Crippen MR) is 93.3 cm³/mol. The van der Waals surface area contributed by atoms with Gasteiger partial charge in [0.2, 0.25) is 5.91 Å². The molecule has 2 rings (SSSR count). The summed E-state index contributed by atoms with van der Waals surface area (Å²) in [5.41, 5.74) is 1.00. The molecule has 1 amide bonds. The number of carbonyl (C=O) groups excluding carboxylic acids is 1. The van der Waals surface area contributed by atoms with Gasteiger partial charge in [-0.15, -0.1) is 12.4 Å². The SMILES string of the molecule is C[C@H]1C[C@@H](C(=O)NCC(c2ccc(F)cc2)N(C)C)CCN1.Cl. The minimum atomic E-state index is -0.242. The molecule has 23 heavy (non-hydrogen) atoms. The van der Waals surface area contributed by atoms with Crippen molar-refractivity contribution in [2.24, 2.45) is 5.92 Å². The summed E-state index contributed by atoms with van der Waals surface area (Å²) in [6, 6.07) is 6.91. The first-order valence-corrected chi connectivity index (χ1v) is 7.90. The van der Waals surface area contributed by atoms with Crippen molar-refractivity contribution in [1.29, 1.82) is 0 Å². The highest BCUT2D eigenvalue weighted by atomic mass is 35.5. The van der Waals surface area contributed by atoms with E-state index >= 15 is 0 Å². The van der Waals surface area contributed by atoms with Gasteiger partial charge in [-0.05, 0) is 58.1 Å². The molecule has 1 saturated heterocycles. The van der Waals surface area contributed by atoms with Gasteiger partial charge in [0.1, 0.15) is 5.82 Å². The molecule has 0 aliphatic carbocycles. The number of nitrogens with zero attached hydrogens (tertiary/aromatic N) is 1. The first-order valence-electron chi connectivity index (χ1n) is 7.90. The lowest BCUT2D eigenvalue weighted by molar-refractivity contribution is -0.126. The zero-order valence-corrected chi connectivity index (χ0v) is 14.8. The molecule has 0 aromatic heterocycles. The van der Waals surface area contributed by atoms with Crippen LogP contribution < -0.4 is 10.6 Å². The monoisotopic (exact) mass is 343 g/mol.